The van der Waals surface area contributed by atoms with Gasteiger partial charge in [0.2, 0.25) is 4.93 Å². The highest BCUT2D eigenvalue weighted by Crippen LogP contribution is 2.51. The van der Waals surface area contributed by atoms with Gasteiger partial charge in [0.15, 0.2) is 0 Å². The number of nitrogens with zero attached hydrogens (tertiary/aromatic N) is 1. The first kappa shape index (κ1) is 16.2. The molecule has 0 radical (unpaired) electrons. The molecule has 0 heterocycles. The maximum absolute atomic E-state index is 12.3. The number of nitrogens with two attached hydrogens (primary N) is 1. The number of sulfonamides is 1. The maximum atomic E-state index is 12.3. The Kier molecular flexibility index (Phi) is 3.45. The minimum atomic E-state index is -7.33. The van der Waals surface area contributed by atoms with Crippen molar-refractivity contribution in [2.24, 2.45) is 5.14 Å². The van der Waals surface area contributed by atoms with Crippen LogP contribution in [0.15, 0.2) is 0 Å². The van der Waals surface area contributed by atoms with Crippen LogP contribution in [0.3, 0.4) is 0 Å². The lowest BCUT2D eigenvalue weighted by atomic mass is 10.5. The van der Waals surface area contributed by atoms with Crippen molar-refractivity contribution in [2.45, 2.75) is 17.6 Å². The number of alkyl halides is 7. The molecule has 14 heteroatoms. The summed E-state index contributed by atoms with van der Waals surface area (Å²) in [5.41, 5.74) is 0. The third-order valence-corrected chi connectivity index (χ3v) is 2.28. The Morgan fingerprint density at radius 1 is 0.882 bits per heavy atom. The van der Waals surface area contributed by atoms with Gasteiger partial charge in [0.05, 0.1) is 8.96 Å². The van der Waals surface area contributed by atoms with E-state index >= 15 is 0 Å². The van der Waals surface area contributed by atoms with Crippen molar-refractivity contribution in [3.8, 4) is 0 Å². The first-order valence-corrected chi connectivity index (χ1v) is 4.68. The summed E-state index contributed by atoms with van der Waals surface area (Å²) in [5, 5.41) is -3.38. The lowest BCUT2D eigenvalue weighted by Gasteiger charge is -2.27. The van der Waals surface area contributed by atoms with Crippen molar-refractivity contribution >= 4 is 10.0 Å². The SMILES string of the molecule is NS(=O)(=O)C(F)(F)[N+](F)(F)C(F)(F)C(F)(F)F. The highest BCUT2D eigenvalue weighted by atomic mass is 32.2. The van der Waals surface area contributed by atoms with E-state index in [1.54, 1.807) is 0 Å². The monoisotopic (exact) mass is 301 g/mol. The van der Waals surface area contributed by atoms with Gasteiger partial charge < -0.3 is 0 Å². The molecule has 0 amide bonds. The van der Waals surface area contributed by atoms with Gasteiger partial charge in [-0.25, -0.2) is 5.14 Å². The summed E-state index contributed by atoms with van der Waals surface area (Å²) in [6.45, 7) is 0. The molecule has 0 aliphatic rings. The van der Waals surface area contributed by atoms with Gasteiger partial charge >= 0.3 is 27.6 Å². The van der Waals surface area contributed by atoms with Crippen LogP contribution in [0.25, 0.3) is 0 Å². The Balaban J connectivity index is 5.91. The number of hydrogen-bond acceptors (Lipinski definition) is 2. The molecular weight excluding hydrogens is 299 g/mol. The van der Waals surface area contributed by atoms with Crippen LogP contribution in [0.1, 0.15) is 0 Å². The molecule has 17 heavy (non-hydrogen) atoms. The summed E-state index contributed by atoms with van der Waals surface area (Å²) >= 11 is 0. The van der Waals surface area contributed by atoms with Gasteiger partial charge in [0, 0.05) is 0 Å². The first-order chi connectivity index (χ1) is 7.00. The minimum absolute atomic E-state index is 3.47. The van der Waals surface area contributed by atoms with Crippen LogP contribution in [0, 0.1) is 0 Å². The largest absolute Gasteiger partial charge is 0.590 e. The predicted molar refractivity (Wildman–Crippen MR) is 31.5 cm³/mol. The van der Waals surface area contributed by atoms with Crippen molar-refractivity contribution in [3.63, 3.8) is 0 Å². The van der Waals surface area contributed by atoms with Crippen LogP contribution in [0.5, 0.6) is 0 Å². The van der Waals surface area contributed by atoms with Gasteiger partial charge in [0.1, 0.15) is 0 Å². The van der Waals surface area contributed by atoms with Crippen LogP contribution in [0.4, 0.5) is 39.7 Å². The molecule has 0 rings (SSSR count). The molecule has 0 unspecified atom stereocenters. The number of hydrogen-bond donors (Lipinski definition) is 1. The van der Waals surface area contributed by atoms with Gasteiger partial charge in [0.25, 0.3) is 0 Å². The number of halogens is 9. The van der Waals surface area contributed by atoms with Crippen LogP contribution < -0.4 is 5.14 Å². The smallest absolute Gasteiger partial charge is 0.218 e. The molecule has 4 nitrogen and oxygen atoms in total. The Morgan fingerprint density at radius 2 is 1.18 bits per heavy atom. The molecule has 2 N–H and O–H groups in total. The summed E-state index contributed by atoms with van der Waals surface area (Å²) < 4.78 is 127. The maximum Gasteiger partial charge on any atom is 0.590 e. The quantitative estimate of drug-likeness (QED) is 0.488. The van der Waals surface area contributed by atoms with Crippen LogP contribution >= 0.6 is 0 Å². The molecule has 0 bridgehead atoms. The predicted octanol–water partition coefficient (Wildman–Crippen LogP) is 1.57. The highest BCUT2D eigenvalue weighted by Gasteiger charge is 2.90. The van der Waals surface area contributed by atoms with Crippen molar-refractivity contribution < 1.29 is 53.0 Å². The molecular formula is C3H2F9N2O2S+. The van der Waals surface area contributed by atoms with Crippen molar-refractivity contribution in [1.82, 2.24) is 0 Å². The van der Waals surface area contributed by atoms with Crippen molar-refractivity contribution in [2.75, 3.05) is 0 Å². The summed E-state index contributed by atoms with van der Waals surface area (Å²) in [6.07, 6.45) is -7.11. The Bertz CT molecular complexity index is 397. The summed E-state index contributed by atoms with van der Waals surface area (Å²) in [7, 11) is -6.69. The normalized spacial score (nSPS) is 16.1. The average molecular weight is 301 g/mol. The van der Waals surface area contributed by atoms with Gasteiger partial charge in [-0.3, -0.25) is 0 Å². The molecule has 0 saturated carbocycles. The third kappa shape index (κ3) is 2.15. The average Bonchev–Trinajstić information content (AvgIpc) is 1.98. The van der Waals surface area contributed by atoms with E-state index in [-0.39, 0.29) is 0 Å². The Labute approximate surface area is 86.9 Å². The zero-order valence-corrected chi connectivity index (χ0v) is 7.97. The van der Waals surface area contributed by atoms with E-state index in [1.165, 1.54) is 0 Å². The minimum Gasteiger partial charge on any atom is -0.218 e. The molecule has 0 aliphatic heterocycles. The van der Waals surface area contributed by atoms with Gasteiger partial charge in [-0.05, 0) is 0 Å². The fraction of sp³-hybridized carbons (Fsp3) is 1.00. The van der Waals surface area contributed by atoms with E-state index in [0.29, 0.717) is 0 Å². The van der Waals surface area contributed by atoms with Crippen LogP contribution in [-0.4, -0.2) is 30.9 Å². The molecule has 0 saturated heterocycles. The summed E-state index contributed by atoms with van der Waals surface area (Å²) in [5.74, 6) is 0. The van der Waals surface area contributed by atoms with E-state index < -0.39 is 32.6 Å². The lowest BCUT2D eigenvalue weighted by molar-refractivity contribution is -1.27. The number of quaternary nitrogens is 1. The van der Waals surface area contributed by atoms with E-state index in [9.17, 15) is 48.1 Å². The van der Waals surface area contributed by atoms with Gasteiger partial charge in [-0.2, -0.15) is 21.6 Å². The summed E-state index contributed by atoms with van der Waals surface area (Å²) in [6, 6.07) is -7.33. The van der Waals surface area contributed by atoms with Crippen molar-refractivity contribution in [3.05, 3.63) is 0 Å². The molecule has 0 aliphatic carbocycles. The standard InChI is InChI=1S/C3H2F9N2O2S/c4-1(5,6)2(7,8)14(11,12)3(9,10)17(13,15)16/h(H2,13,15,16)/q+1. The molecule has 104 valence electrons. The second-order valence-electron chi connectivity index (χ2n) is 2.58. The number of rotatable bonds is 3. The van der Waals surface area contributed by atoms with Gasteiger partial charge in [-0.15, -0.1) is 17.6 Å². The summed E-state index contributed by atoms with van der Waals surface area (Å²) in [4.78, 5) is -6.48. The van der Waals surface area contributed by atoms with Crippen LogP contribution in [-0.2, 0) is 10.0 Å². The number of primary sulfonamides is 1. The zero-order valence-electron chi connectivity index (χ0n) is 7.15. The topological polar surface area (TPSA) is 60.2 Å². The molecule has 0 aromatic rings. The fourth-order valence-electron chi connectivity index (χ4n) is 0.482. The van der Waals surface area contributed by atoms with Gasteiger partial charge in [-0.1, -0.05) is 0 Å². The molecule has 0 fully saturated rings. The van der Waals surface area contributed by atoms with E-state index in [4.69, 9.17) is 0 Å². The lowest BCUT2D eigenvalue weighted by Crippen LogP contribution is -2.67. The van der Waals surface area contributed by atoms with E-state index in [0.717, 1.165) is 0 Å². The van der Waals surface area contributed by atoms with Crippen molar-refractivity contribution in [1.29, 1.82) is 0 Å². The molecule has 0 aromatic carbocycles. The fourth-order valence-corrected chi connectivity index (χ4v) is 0.917. The highest BCUT2D eigenvalue weighted by molar-refractivity contribution is 7.90. The van der Waals surface area contributed by atoms with E-state index in [1.807, 2.05) is 0 Å². The van der Waals surface area contributed by atoms with E-state index in [2.05, 4.69) is 5.14 Å². The Hall–Kier alpha value is -0.760. The zero-order chi connectivity index (χ0) is 14.5. The molecule has 0 spiro atoms. The first-order valence-electron chi connectivity index (χ1n) is 3.13. The van der Waals surface area contributed by atoms with Crippen LogP contribution in [0.2, 0.25) is 0 Å². The second-order valence-corrected chi connectivity index (χ2v) is 4.17. The molecule has 0 aromatic heterocycles. The Morgan fingerprint density at radius 3 is 1.35 bits per heavy atom. The third-order valence-electron chi connectivity index (χ3n) is 1.36. The second kappa shape index (κ2) is 3.61. The molecule has 0 atom stereocenters.